The van der Waals surface area contributed by atoms with Gasteiger partial charge in [0.2, 0.25) is 5.91 Å². The fraction of sp³-hybridized carbons (Fsp3) is 0.700. The van der Waals surface area contributed by atoms with E-state index in [0.717, 1.165) is 0 Å². The third kappa shape index (κ3) is 7.00. The molecule has 18 heavy (non-hydrogen) atoms. The summed E-state index contributed by atoms with van der Waals surface area (Å²) < 4.78 is -0.153. The minimum absolute atomic E-state index is 0.153. The average Bonchev–Trinajstić information content (AvgIpc) is 2.25. The van der Waals surface area contributed by atoms with E-state index >= 15 is 0 Å². The van der Waals surface area contributed by atoms with E-state index < -0.39 is 30.4 Å². The summed E-state index contributed by atoms with van der Waals surface area (Å²) in [6.07, 6.45) is 1.47. The number of amides is 3. The summed E-state index contributed by atoms with van der Waals surface area (Å²) in [6.45, 7) is 4.26. The van der Waals surface area contributed by atoms with Gasteiger partial charge in [0, 0.05) is 11.3 Å². The maximum absolute atomic E-state index is 11.5. The Morgan fingerprint density at radius 2 is 1.94 bits per heavy atom. The monoisotopic (exact) mass is 277 g/mol. The van der Waals surface area contributed by atoms with Crippen LogP contribution in [0.4, 0.5) is 4.79 Å². The Kier molecular flexibility index (Phi) is 6.53. The van der Waals surface area contributed by atoms with Crippen molar-refractivity contribution in [1.82, 2.24) is 10.6 Å². The quantitative estimate of drug-likeness (QED) is 0.511. The number of primary amides is 1. The van der Waals surface area contributed by atoms with Crippen LogP contribution in [0.2, 0.25) is 0 Å². The number of nitrogens with one attached hydrogen (secondary N) is 2. The summed E-state index contributed by atoms with van der Waals surface area (Å²) in [4.78, 5) is 32.9. The molecule has 3 amide bonds. The van der Waals surface area contributed by atoms with E-state index in [9.17, 15) is 14.4 Å². The number of thioether (sulfide) groups is 1. The van der Waals surface area contributed by atoms with Crippen molar-refractivity contribution in [2.45, 2.75) is 31.1 Å². The summed E-state index contributed by atoms with van der Waals surface area (Å²) in [7, 11) is 0. The van der Waals surface area contributed by atoms with E-state index in [0.29, 0.717) is 6.54 Å². The maximum atomic E-state index is 11.5. The van der Waals surface area contributed by atoms with Crippen LogP contribution >= 0.6 is 11.8 Å². The lowest BCUT2D eigenvalue weighted by Gasteiger charge is -2.23. The largest absolute Gasteiger partial charge is 0.480 e. The molecule has 0 saturated heterocycles. The number of nitrogens with two attached hydrogens (primary N) is 1. The van der Waals surface area contributed by atoms with Gasteiger partial charge in [-0.15, -0.1) is 0 Å². The summed E-state index contributed by atoms with van der Waals surface area (Å²) in [5, 5.41) is 13.5. The first-order valence-electron chi connectivity index (χ1n) is 5.28. The lowest BCUT2D eigenvalue weighted by Crippen LogP contribution is -2.49. The number of rotatable bonds is 7. The predicted molar refractivity (Wildman–Crippen MR) is 69.4 cm³/mol. The second kappa shape index (κ2) is 7.10. The molecule has 0 rings (SSSR count). The summed E-state index contributed by atoms with van der Waals surface area (Å²) in [6, 6.07) is -1.94. The number of carbonyl (C=O) groups is 3. The van der Waals surface area contributed by atoms with Crippen molar-refractivity contribution in [1.29, 1.82) is 0 Å². The van der Waals surface area contributed by atoms with Crippen LogP contribution in [0.5, 0.6) is 0 Å². The molecule has 0 fully saturated rings. The van der Waals surface area contributed by atoms with Crippen molar-refractivity contribution in [3.05, 3.63) is 0 Å². The molecule has 0 bridgehead atoms. The molecule has 0 aromatic heterocycles. The molecule has 8 heteroatoms. The first-order valence-corrected chi connectivity index (χ1v) is 6.51. The number of carboxylic acids is 1. The molecule has 5 N–H and O–H groups in total. The molecular formula is C10H19N3O4S. The van der Waals surface area contributed by atoms with Crippen LogP contribution in [0.25, 0.3) is 0 Å². The molecule has 7 nitrogen and oxygen atoms in total. The molecule has 0 unspecified atom stereocenters. The van der Waals surface area contributed by atoms with Crippen LogP contribution in [-0.2, 0) is 9.59 Å². The van der Waals surface area contributed by atoms with E-state index in [4.69, 9.17) is 10.8 Å². The molecular weight excluding hydrogens is 258 g/mol. The van der Waals surface area contributed by atoms with Gasteiger partial charge in [0.05, 0.1) is 6.42 Å². The highest BCUT2D eigenvalue weighted by molar-refractivity contribution is 7.99. The molecule has 0 spiro atoms. The van der Waals surface area contributed by atoms with Crippen molar-refractivity contribution in [3.8, 4) is 0 Å². The van der Waals surface area contributed by atoms with Crippen molar-refractivity contribution >= 4 is 29.7 Å². The molecule has 1 atom stereocenters. The van der Waals surface area contributed by atoms with Gasteiger partial charge in [-0.05, 0) is 20.1 Å². The number of carboxylic acid groups (broad SMARTS) is 1. The zero-order chi connectivity index (χ0) is 14.3. The third-order valence-corrected chi connectivity index (χ3v) is 3.49. The van der Waals surface area contributed by atoms with Crippen LogP contribution in [-0.4, -0.2) is 46.6 Å². The van der Waals surface area contributed by atoms with Crippen LogP contribution in [0, 0.1) is 0 Å². The fourth-order valence-electron chi connectivity index (χ4n) is 0.976. The van der Waals surface area contributed by atoms with Crippen molar-refractivity contribution in [3.63, 3.8) is 0 Å². The predicted octanol–water partition coefficient (Wildman–Crippen LogP) is -0.244. The number of aliphatic carboxylic acids is 1. The smallest absolute Gasteiger partial charge is 0.326 e. The summed E-state index contributed by atoms with van der Waals surface area (Å²) in [5.74, 6) is -2.08. The Bertz CT molecular complexity index is 333. The van der Waals surface area contributed by atoms with E-state index in [1.807, 2.05) is 20.1 Å². The molecule has 0 saturated carbocycles. The second-order valence-corrected chi connectivity index (χ2v) is 5.87. The molecule has 0 aromatic rings. The minimum atomic E-state index is -1.31. The molecule has 104 valence electrons. The minimum Gasteiger partial charge on any atom is -0.480 e. The molecule has 0 aliphatic carbocycles. The SMILES string of the molecule is CSC(C)(C)CNC(=O)N[C@H](CC(N)=O)C(=O)O. The molecule has 0 aliphatic heterocycles. The number of hydrogen-bond acceptors (Lipinski definition) is 4. The molecule has 0 aromatic carbocycles. The summed E-state index contributed by atoms with van der Waals surface area (Å²) >= 11 is 1.57. The van der Waals surface area contributed by atoms with E-state index in [-0.39, 0.29) is 4.75 Å². The number of carbonyl (C=O) groups excluding carboxylic acids is 2. The van der Waals surface area contributed by atoms with E-state index in [1.165, 1.54) is 0 Å². The first-order chi connectivity index (χ1) is 8.18. The highest BCUT2D eigenvalue weighted by atomic mass is 32.2. The summed E-state index contributed by atoms with van der Waals surface area (Å²) in [5.41, 5.74) is 4.89. The number of urea groups is 1. The zero-order valence-electron chi connectivity index (χ0n) is 10.6. The molecule has 0 heterocycles. The van der Waals surface area contributed by atoms with E-state index in [2.05, 4.69) is 10.6 Å². The lowest BCUT2D eigenvalue weighted by molar-refractivity contribution is -0.140. The van der Waals surface area contributed by atoms with Crippen molar-refractivity contribution < 1.29 is 19.5 Å². The molecule has 0 radical (unpaired) electrons. The van der Waals surface area contributed by atoms with Gasteiger partial charge >= 0.3 is 12.0 Å². The van der Waals surface area contributed by atoms with Gasteiger partial charge in [-0.25, -0.2) is 9.59 Å². The van der Waals surface area contributed by atoms with E-state index in [1.54, 1.807) is 11.8 Å². The van der Waals surface area contributed by atoms with Crippen molar-refractivity contribution in [2.75, 3.05) is 12.8 Å². The van der Waals surface area contributed by atoms with Crippen LogP contribution in [0.3, 0.4) is 0 Å². The average molecular weight is 277 g/mol. The second-order valence-electron chi connectivity index (χ2n) is 4.35. The van der Waals surface area contributed by atoms with Gasteiger partial charge in [0.25, 0.3) is 0 Å². The first kappa shape index (κ1) is 16.6. The maximum Gasteiger partial charge on any atom is 0.326 e. The highest BCUT2D eigenvalue weighted by Gasteiger charge is 2.23. The Labute approximate surface area is 110 Å². The fourth-order valence-corrected chi connectivity index (χ4v) is 1.19. The molecule has 0 aliphatic rings. The van der Waals surface area contributed by atoms with Gasteiger partial charge in [-0.3, -0.25) is 4.79 Å². The van der Waals surface area contributed by atoms with Crippen LogP contribution in [0.1, 0.15) is 20.3 Å². The zero-order valence-corrected chi connectivity index (χ0v) is 11.5. The number of hydrogen-bond donors (Lipinski definition) is 4. The third-order valence-electron chi connectivity index (χ3n) is 2.24. The van der Waals surface area contributed by atoms with Gasteiger partial charge in [-0.2, -0.15) is 11.8 Å². The van der Waals surface area contributed by atoms with Gasteiger partial charge < -0.3 is 21.5 Å². The van der Waals surface area contributed by atoms with Crippen LogP contribution < -0.4 is 16.4 Å². The Balaban J connectivity index is 4.27. The Morgan fingerprint density at radius 3 is 2.33 bits per heavy atom. The normalized spacial score (nSPS) is 12.6. The highest BCUT2D eigenvalue weighted by Crippen LogP contribution is 2.19. The van der Waals surface area contributed by atoms with Gasteiger partial charge in [0.1, 0.15) is 6.04 Å². The van der Waals surface area contributed by atoms with Crippen molar-refractivity contribution in [2.24, 2.45) is 5.73 Å². The topological polar surface area (TPSA) is 122 Å². The van der Waals surface area contributed by atoms with Gasteiger partial charge in [0.15, 0.2) is 0 Å². The van der Waals surface area contributed by atoms with Gasteiger partial charge in [-0.1, -0.05) is 0 Å². The Morgan fingerprint density at radius 1 is 1.39 bits per heavy atom. The Hall–Kier alpha value is -1.44. The lowest BCUT2D eigenvalue weighted by atomic mass is 10.2. The van der Waals surface area contributed by atoms with Crippen LogP contribution in [0.15, 0.2) is 0 Å². The standard InChI is InChI=1S/C10H19N3O4S/c1-10(2,18-3)5-12-9(17)13-6(8(15)16)4-7(11)14/h6H,4-5H2,1-3H3,(H2,11,14)(H,15,16)(H2,12,13,17)/t6-/m1/s1.